The first kappa shape index (κ1) is 19.1. The Morgan fingerprint density at radius 2 is 1.79 bits per heavy atom. The second-order valence-corrected chi connectivity index (χ2v) is 6.21. The van der Waals surface area contributed by atoms with Crippen LogP contribution >= 0.6 is 0 Å². The summed E-state index contributed by atoms with van der Waals surface area (Å²) in [5.74, 6) is -0.879. The van der Waals surface area contributed by atoms with Gasteiger partial charge in [0, 0.05) is 13.2 Å². The van der Waals surface area contributed by atoms with Gasteiger partial charge in [-0.15, -0.1) is 0 Å². The fourth-order valence-corrected chi connectivity index (χ4v) is 2.91. The van der Waals surface area contributed by atoms with Crippen molar-refractivity contribution in [3.8, 4) is 5.75 Å². The second-order valence-electron chi connectivity index (χ2n) is 6.21. The van der Waals surface area contributed by atoms with E-state index in [1.807, 2.05) is 37.3 Å². The zero-order chi connectivity index (χ0) is 20.3. The molecule has 2 aromatic carbocycles. The molecule has 0 unspecified atom stereocenters. The number of rotatable bonds is 7. The highest BCUT2D eigenvalue weighted by Gasteiger charge is 2.25. The van der Waals surface area contributed by atoms with Crippen molar-refractivity contribution in [1.29, 1.82) is 0 Å². The highest BCUT2D eigenvalue weighted by atomic mass is 16.3. The van der Waals surface area contributed by atoms with Crippen molar-refractivity contribution in [3.63, 3.8) is 0 Å². The molecule has 28 heavy (non-hydrogen) atoms. The molecule has 1 atom stereocenters. The SMILES string of the molecule is CC[C@@H](Nc1c(Nc2cncc(C(=O)NC)c2O)c(=O)c1=O)c1ccccc1. The lowest BCUT2D eigenvalue weighted by Gasteiger charge is -2.22. The van der Waals surface area contributed by atoms with Crippen molar-refractivity contribution in [2.75, 3.05) is 17.7 Å². The third-order valence-electron chi connectivity index (χ3n) is 4.49. The molecule has 0 radical (unpaired) electrons. The lowest BCUT2D eigenvalue weighted by molar-refractivity contribution is 0.0960. The van der Waals surface area contributed by atoms with E-state index in [9.17, 15) is 19.5 Å². The van der Waals surface area contributed by atoms with E-state index in [1.54, 1.807) is 0 Å². The zero-order valence-corrected chi connectivity index (χ0v) is 15.4. The molecule has 1 amide bonds. The Kier molecular flexibility index (Phi) is 5.39. The summed E-state index contributed by atoms with van der Waals surface area (Å²) in [4.78, 5) is 39.9. The molecule has 1 heterocycles. The number of nitrogens with one attached hydrogen (secondary N) is 3. The van der Waals surface area contributed by atoms with Crippen LogP contribution in [0.2, 0.25) is 0 Å². The number of hydrogen-bond acceptors (Lipinski definition) is 7. The summed E-state index contributed by atoms with van der Waals surface area (Å²) < 4.78 is 0. The molecule has 3 rings (SSSR count). The molecule has 144 valence electrons. The second kappa shape index (κ2) is 7.91. The van der Waals surface area contributed by atoms with Gasteiger partial charge in [0.15, 0.2) is 5.75 Å². The van der Waals surface area contributed by atoms with Crippen molar-refractivity contribution < 1.29 is 9.90 Å². The van der Waals surface area contributed by atoms with E-state index in [4.69, 9.17) is 0 Å². The van der Waals surface area contributed by atoms with Crippen LogP contribution in [0.1, 0.15) is 35.3 Å². The molecule has 8 heteroatoms. The van der Waals surface area contributed by atoms with Crippen LogP contribution < -0.4 is 26.8 Å². The van der Waals surface area contributed by atoms with Crippen LogP contribution in [0, 0.1) is 0 Å². The number of carbonyl (C=O) groups excluding carboxylic acids is 1. The summed E-state index contributed by atoms with van der Waals surface area (Å²) in [5, 5.41) is 18.5. The van der Waals surface area contributed by atoms with E-state index in [2.05, 4.69) is 20.9 Å². The number of amides is 1. The predicted octanol–water partition coefficient (Wildman–Crippen LogP) is 2.05. The van der Waals surface area contributed by atoms with Gasteiger partial charge in [-0.3, -0.25) is 19.4 Å². The van der Waals surface area contributed by atoms with Crippen molar-refractivity contribution in [2.45, 2.75) is 19.4 Å². The molecule has 0 bridgehead atoms. The minimum atomic E-state index is -0.699. The fourth-order valence-electron chi connectivity index (χ4n) is 2.91. The monoisotopic (exact) mass is 380 g/mol. The number of pyridine rings is 1. The third-order valence-corrected chi connectivity index (χ3v) is 4.49. The Morgan fingerprint density at radius 1 is 1.11 bits per heavy atom. The first-order chi connectivity index (χ1) is 13.5. The molecule has 0 spiro atoms. The van der Waals surface area contributed by atoms with E-state index in [0.29, 0.717) is 6.42 Å². The van der Waals surface area contributed by atoms with Gasteiger partial charge in [0.05, 0.1) is 12.2 Å². The van der Waals surface area contributed by atoms with Gasteiger partial charge in [-0.25, -0.2) is 0 Å². The molecule has 1 aromatic heterocycles. The van der Waals surface area contributed by atoms with Crippen LogP contribution in [0.4, 0.5) is 17.1 Å². The van der Waals surface area contributed by atoms with Crippen LogP contribution in [0.5, 0.6) is 5.75 Å². The Hall–Kier alpha value is -3.68. The molecule has 0 fully saturated rings. The number of aromatic nitrogens is 1. The van der Waals surface area contributed by atoms with Gasteiger partial charge >= 0.3 is 0 Å². The Balaban J connectivity index is 1.90. The Bertz CT molecular complexity index is 1070. The predicted molar refractivity (Wildman–Crippen MR) is 107 cm³/mol. The van der Waals surface area contributed by atoms with Crippen molar-refractivity contribution in [2.24, 2.45) is 0 Å². The van der Waals surface area contributed by atoms with Gasteiger partial charge in [-0.2, -0.15) is 0 Å². The maximum Gasteiger partial charge on any atom is 0.256 e. The molecular formula is C20H20N4O4. The summed E-state index contributed by atoms with van der Waals surface area (Å²) in [7, 11) is 1.43. The molecule has 4 N–H and O–H groups in total. The number of nitrogens with zero attached hydrogens (tertiary/aromatic N) is 1. The lowest BCUT2D eigenvalue weighted by Crippen LogP contribution is -2.37. The van der Waals surface area contributed by atoms with Crippen LogP contribution in [0.25, 0.3) is 0 Å². The summed E-state index contributed by atoms with van der Waals surface area (Å²) >= 11 is 0. The first-order valence-corrected chi connectivity index (χ1v) is 8.78. The topological polar surface area (TPSA) is 120 Å². The minimum absolute atomic E-state index is 0.0329. The number of anilines is 3. The Labute approximate surface area is 160 Å². The highest BCUT2D eigenvalue weighted by molar-refractivity contribution is 5.98. The largest absolute Gasteiger partial charge is 0.505 e. The minimum Gasteiger partial charge on any atom is -0.505 e. The average Bonchev–Trinajstić information content (AvgIpc) is 2.74. The van der Waals surface area contributed by atoms with Gasteiger partial charge in [-0.1, -0.05) is 37.3 Å². The summed E-state index contributed by atoms with van der Waals surface area (Å²) in [5.41, 5.74) is -0.159. The Morgan fingerprint density at radius 3 is 2.43 bits per heavy atom. The molecule has 0 aliphatic carbocycles. The van der Waals surface area contributed by atoms with E-state index in [1.165, 1.54) is 19.4 Å². The van der Waals surface area contributed by atoms with Crippen LogP contribution in [-0.4, -0.2) is 23.0 Å². The maximum atomic E-state index is 12.1. The molecule has 0 saturated heterocycles. The number of hydrogen-bond donors (Lipinski definition) is 4. The first-order valence-electron chi connectivity index (χ1n) is 8.78. The molecular weight excluding hydrogens is 360 g/mol. The lowest BCUT2D eigenvalue weighted by atomic mass is 10.0. The van der Waals surface area contributed by atoms with E-state index in [-0.39, 0.29) is 34.4 Å². The third kappa shape index (κ3) is 3.44. The number of aromatic hydroxyl groups is 1. The zero-order valence-electron chi connectivity index (χ0n) is 15.4. The van der Waals surface area contributed by atoms with Crippen molar-refractivity contribution >= 4 is 23.0 Å². The van der Waals surface area contributed by atoms with E-state index in [0.717, 1.165) is 5.56 Å². The van der Waals surface area contributed by atoms with E-state index < -0.39 is 16.8 Å². The molecule has 3 aromatic rings. The number of benzene rings is 1. The quantitative estimate of drug-likeness (QED) is 0.463. The molecule has 8 nitrogen and oxygen atoms in total. The smallest absolute Gasteiger partial charge is 0.256 e. The van der Waals surface area contributed by atoms with Crippen LogP contribution in [0.15, 0.2) is 52.3 Å². The molecule has 0 aliphatic heterocycles. The normalized spacial score (nSPS) is 11.8. The summed E-state index contributed by atoms with van der Waals surface area (Å²) in [6, 6.07) is 9.40. The number of carbonyl (C=O) groups is 1. The standard InChI is InChI=1S/C20H20N4O4/c1-3-13(11-7-5-4-6-8-11)23-15-16(19(27)18(15)26)24-14-10-22-9-12(17(14)25)20(28)21-2/h4-10,13,23-24H,3H2,1-2H3,(H,21,28)(H,22,25)/t13-/m1/s1. The van der Waals surface area contributed by atoms with Gasteiger partial charge in [-0.05, 0) is 12.0 Å². The van der Waals surface area contributed by atoms with Crippen molar-refractivity contribution in [3.05, 3.63) is 74.3 Å². The van der Waals surface area contributed by atoms with Crippen LogP contribution in [0.3, 0.4) is 0 Å². The fraction of sp³-hybridized carbons (Fsp3) is 0.200. The highest BCUT2D eigenvalue weighted by Crippen LogP contribution is 2.32. The van der Waals surface area contributed by atoms with Crippen molar-refractivity contribution in [1.82, 2.24) is 10.3 Å². The summed E-state index contributed by atoms with van der Waals surface area (Å²) in [6.07, 6.45) is 3.18. The molecule has 0 aliphatic rings. The van der Waals surface area contributed by atoms with Gasteiger partial charge < -0.3 is 21.1 Å². The summed E-state index contributed by atoms with van der Waals surface area (Å²) in [6.45, 7) is 1.96. The van der Waals surface area contributed by atoms with Gasteiger partial charge in [0.25, 0.3) is 16.8 Å². The maximum absolute atomic E-state index is 12.1. The van der Waals surface area contributed by atoms with Gasteiger partial charge in [0.1, 0.15) is 22.6 Å². The average molecular weight is 380 g/mol. The molecule has 0 saturated carbocycles. The van der Waals surface area contributed by atoms with E-state index >= 15 is 0 Å². The van der Waals surface area contributed by atoms with Gasteiger partial charge in [0.2, 0.25) is 0 Å². The van der Waals surface area contributed by atoms with Crippen LogP contribution in [-0.2, 0) is 0 Å².